The maximum absolute atomic E-state index is 14.0. The van der Waals surface area contributed by atoms with E-state index in [1.807, 2.05) is 13.8 Å². The molecule has 0 fully saturated rings. The molecule has 0 aliphatic heterocycles. The summed E-state index contributed by atoms with van der Waals surface area (Å²) < 4.78 is 14.0. The van der Waals surface area contributed by atoms with Gasteiger partial charge in [0.15, 0.2) is 11.6 Å². The summed E-state index contributed by atoms with van der Waals surface area (Å²) in [4.78, 5) is 4.01. The smallest absolute Gasteiger partial charge is 0.169 e. The highest BCUT2D eigenvalue weighted by atomic mass is 19.1. The second-order valence-electron chi connectivity index (χ2n) is 5.54. The number of nitrogens with zero attached hydrogens (tertiary/aromatic N) is 1. The first-order valence-electron chi connectivity index (χ1n) is 5.94. The van der Waals surface area contributed by atoms with Gasteiger partial charge in [0, 0.05) is 29.9 Å². The lowest BCUT2D eigenvalue weighted by atomic mass is 10.1. The third kappa shape index (κ3) is 4.69. The first-order chi connectivity index (χ1) is 7.79. The zero-order chi connectivity index (χ0) is 13.1. The molecule has 0 atom stereocenters. The van der Waals surface area contributed by atoms with Crippen LogP contribution in [0, 0.1) is 5.82 Å². The van der Waals surface area contributed by atoms with E-state index < -0.39 is 0 Å². The molecule has 2 N–H and O–H groups in total. The number of halogens is 1. The zero-order valence-electron chi connectivity index (χ0n) is 11.3. The van der Waals surface area contributed by atoms with E-state index in [4.69, 9.17) is 0 Å². The molecule has 0 spiro atoms. The predicted octanol–water partition coefficient (Wildman–Crippen LogP) is 2.93. The van der Waals surface area contributed by atoms with Crippen molar-refractivity contribution in [1.29, 1.82) is 0 Å². The van der Waals surface area contributed by atoms with E-state index in [1.165, 1.54) is 0 Å². The summed E-state index contributed by atoms with van der Waals surface area (Å²) in [5.41, 5.74) is 0.611. The summed E-state index contributed by atoms with van der Waals surface area (Å²) in [6.07, 6.45) is 1.63. The molecule has 17 heavy (non-hydrogen) atoms. The molecule has 1 aromatic rings. The molecule has 0 aromatic carbocycles. The Bertz CT molecular complexity index is 369. The van der Waals surface area contributed by atoms with E-state index in [2.05, 4.69) is 36.4 Å². The fourth-order valence-corrected chi connectivity index (χ4v) is 1.35. The number of hydrogen-bond acceptors (Lipinski definition) is 3. The molecule has 0 saturated carbocycles. The predicted molar refractivity (Wildman–Crippen MR) is 69.5 cm³/mol. The average Bonchev–Trinajstić information content (AvgIpc) is 2.17. The molecule has 0 unspecified atom stereocenters. The molecule has 4 heteroatoms. The van der Waals surface area contributed by atoms with Gasteiger partial charge in [-0.15, -0.1) is 0 Å². The van der Waals surface area contributed by atoms with Crippen LogP contribution in [0.1, 0.15) is 40.2 Å². The lowest BCUT2D eigenvalue weighted by Gasteiger charge is -2.21. The van der Waals surface area contributed by atoms with Gasteiger partial charge in [0.25, 0.3) is 0 Å². The van der Waals surface area contributed by atoms with Crippen LogP contribution < -0.4 is 10.6 Å². The molecule has 0 bridgehead atoms. The van der Waals surface area contributed by atoms with Crippen molar-refractivity contribution in [3.05, 3.63) is 23.6 Å². The number of rotatable bonds is 4. The Morgan fingerprint density at radius 1 is 1.35 bits per heavy atom. The highest BCUT2D eigenvalue weighted by Crippen LogP contribution is 2.16. The minimum atomic E-state index is -0.266. The van der Waals surface area contributed by atoms with Gasteiger partial charge in [0.2, 0.25) is 0 Å². The average molecular weight is 239 g/mol. The first-order valence-corrected chi connectivity index (χ1v) is 5.94. The van der Waals surface area contributed by atoms with Crippen LogP contribution in [0.25, 0.3) is 0 Å². The molecule has 0 aliphatic carbocycles. The van der Waals surface area contributed by atoms with Crippen LogP contribution in [0.2, 0.25) is 0 Å². The summed E-state index contributed by atoms with van der Waals surface area (Å²) in [5, 5.41) is 6.26. The van der Waals surface area contributed by atoms with Crippen molar-refractivity contribution in [3.8, 4) is 0 Å². The summed E-state index contributed by atoms with van der Waals surface area (Å²) in [7, 11) is 0. The van der Waals surface area contributed by atoms with Gasteiger partial charge in [-0.1, -0.05) is 0 Å². The molecule has 1 aromatic heterocycles. The summed E-state index contributed by atoms with van der Waals surface area (Å²) in [5.74, 6) is 0.0613. The van der Waals surface area contributed by atoms with E-state index in [1.54, 1.807) is 12.3 Å². The lowest BCUT2D eigenvalue weighted by Crippen LogP contribution is -2.35. The Labute approximate surface area is 103 Å². The molecule has 0 aliphatic rings. The molecular formula is C13H22FN3. The fraction of sp³-hybridized carbons (Fsp3) is 0.615. The maximum atomic E-state index is 14.0. The Hall–Kier alpha value is -1.16. The summed E-state index contributed by atoms with van der Waals surface area (Å²) in [6.45, 7) is 10.6. The van der Waals surface area contributed by atoms with Crippen molar-refractivity contribution < 1.29 is 4.39 Å². The number of hydrogen-bond donors (Lipinski definition) is 2. The van der Waals surface area contributed by atoms with Crippen molar-refractivity contribution in [1.82, 2.24) is 10.3 Å². The normalized spacial score (nSPS) is 11.9. The zero-order valence-corrected chi connectivity index (χ0v) is 11.3. The van der Waals surface area contributed by atoms with E-state index >= 15 is 0 Å². The number of nitrogens with one attached hydrogen (secondary N) is 2. The molecule has 96 valence electrons. The third-order valence-corrected chi connectivity index (χ3v) is 2.20. The van der Waals surface area contributed by atoms with Crippen LogP contribution >= 0.6 is 0 Å². The molecule has 0 amide bonds. The van der Waals surface area contributed by atoms with Crippen molar-refractivity contribution in [2.45, 2.75) is 52.7 Å². The van der Waals surface area contributed by atoms with Crippen molar-refractivity contribution >= 4 is 5.82 Å². The number of anilines is 1. The van der Waals surface area contributed by atoms with Gasteiger partial charge in [0.1, 0.15) is 0 Å². The van der Waals surface area contributed by atoms with Crippen molar-refractivity contribution in [3.63, 3.8) is 0 Å². The van der Waals surface area contributed by atoms with Crippen LogP contribution in [0.5, 0.6) is 0 Å². The minimum Gasteiger partial charge on any atom is -0.365 e. The van der Waals surface area contributed by atoms with Crippen molar-refractivity contribution in [2.75, 3.05) is 5.32 Å². The largest absolute Gasteiger partial charge is 0.365 e. The lowest BCUT2D eigenvalue weighted by molar-refractivity contribution is 0.418. The van der Waals surface area contributed by atoms with Crippen LogP contribution in [0.15, 0.2) is 12.3 Å². The second-order valence-corrected chi connectivity index (χ2v) is 5.54. The van der Waals surface area contributed by atoms with E-state index in [-0.39, 0.29) is 17.4 Å². The molecule has 1 rings (SSSR count). The third-order valence-electron chi connectivity index (χ3n) is 2.20. The van der Waals surface area contributed by atoms with Gasteiger partial charge in [0.05, 0.1) is 0 Å². The van der Waals surface area contributed by atoms with Gasteiger partial charge in [-0.3, -0.25) is 0 Å². The van der Waals surface area contributed by atoms with E-state index in [9.17, 15) is 4.39 Å². The van der Waals surface area contributed by atoms with E-state index in [0.29, 0.717) is 17.9 Å². The second kappa shape index (κ2) is 5.45. The fourth-order valence-electron chi connectivity index (χ4n) is 1.35. The Morgan fingerprint density at radius 2 is 2.00 bits per heavy atom. The maximum Gasteiger partial charge on any atom is 0.169 e. The summed E-state index contributed by atoms with van der Waals surface area (Å²) in [6, 6.07) is 1.88. The topological polar surface area (TPSA) is 37.0 Å². The monoisotopic (exact) mass is 239 g/mol. The van der Waals surface area contributed by atoms with Gasteiger partial charge in [-0.05, 0) is 40.7 Å². The van der Waals surface area contributed by atoms with Crippen LogP contribution in [0.4, 0.5) is 10.2 Å². The van der Waals surface area contributed by atoms with Gasteiger partial charge in [-0.25, -0.2) is 9.37 Å². The number of aromatic nitrogens is 1. The summed E-state index contributed by atoms with van der Waals surface area (Å²) >= 11 is 0. The first kappa shape index (κ1) is 13.9. The Balaban J connectivity index is 2.80. The highest BCUT2D eigenvalue weighted by Gasteiger charge is 2.13. The minimum absolute atomic E-state index is 0.0264. The van der Waals surface area contributed by atoms with Crippen LogP contribution in [0.3, 0.4) is 0 Å². The van der Waals surface area contributed by atoms with Crippen molar-refractivity contribution in [2.24, 2.45) is 0 Å². The number of pyridine rings is 1. The Kier molecular flexibility index (Phi) is 4.46. The van der Waals surface area contributed by atoms with Crippen LogP contribution in [-0.4, -0.2) is 16.6 Å². The quantitative estimate of drug-likeness (QED) is 0.848. The van der Waals surface area contributed by atoms with Crippen LogP contribution in [-0.2, 0) is 6.54 Å². The standard InChI is InChI=1S/C13H22FN3/c1-9(2)17-12-11(14)10(6-7-15-12)8-16-13(3,4)5/h6-7,9,16H,8H2,1-5H3,(H,15,17). The molecular weight excluding hydrogens is 217 g/mol. The SMILES string of the molecule is CC(C)Nc1nccc(CNC(C)(C)C)c1F. The van der Waals surface area contributed by atoms with Gasteiger partial charge in [-0.2, -0.15) is 0 Å². The van der Waals surface area contributed by atoms with E-state index in [0.717, 1.165) is 0 Å². The Morgan fingerprint density at radius 3 is 2.53 bits per heavy atom. The molecule has 0 saturated heterocycles. The van der Waals surface area contributed by atoms with Gasteiger partial charge < -0.3 is 10.6 Å². The molecule has 1 heterocycles. The van der Waals surface area contributed by atoms with Gasteiger partial charge >= 0.3 is 0 Å². The molecule has 3 nitrogen and oxygen atoms in total. The molecule has 0 radical (unpaired) electrons. The highest BCUT2D eigenvalue weighted by molar-refractivity contribution is 5.40.